The van der Waals surface area contributed by atoms with E-state index < -0.39 is 14.6 Å². The van der Waals surface area contributed by atoms with Crippen molar-refractivity contribution < 1.29 is 8.42 Å². The lowest BCUT2D eigenvalue weighted by atomic mass is 10.2. The van der Waals surface area contributed by atoms with Crippen molar-refractivity contribution in [1.29, 1.82) is 0 Å². The molecule has 1 atom stereocenters. The molecule has 1 heterocycles. The van der Waals surface area contributed by atoms with E-state index in [4.69, 9.17) is 0 Å². The molecule has 1 aliphatic rings. The van der Waals surface area contributed by atoms with Gasteiger partial charge in [-0.25, -0.2) is 8.42 Å². The topological polar surface area (TPSA) is 46.2 Å². The summed E-state index contributed by atoms with van der Waals surface area (Å²) < 4.78 is 22.9. The first-order valence-corrected chi connectivity index (χ1v) is 6.44. The van der Waals surface area contributed by atoms with E-state index in [-0.39, 0.29) is 11.8 Å². The summed E-state index contributed by atoms with van der Waals surface area (Å²) in [6, 6.07) is 0.184. The molecule has 0 bridgehead atoms. The Labute approximate surface area is 80.8 Å². The van der Waals surface area contributed by atoms with Gasteiger partial charge in [-0.15, -0.1) is 0 Å². The van der Waals surface area contributed by atoms with Crippen LogP contribution < -0.4 is 5.32 Å². The molecule has 0 radical (unpaired) electrons. The highest BCUT2D eigenvalue weighted by atomic mass is 32.2. The zero-order chi connectivity index (χ0) is 10.1. The quantitative estimate of drug-likeness (QED) is 0.730. The maximum Gasteiger partial charge on any atom is 0.156 e. The summed E-state index contributed by atoms with van der Waals surface area (Å²) in [5.74, 6) is 0.288. The molecule has 13 heavy (non-hydrogen) atoms. The second-order valence-corrected chi connectivity index (χ2v) is 7.47. The minimum atomic E-state index is -2.94. The standard InChI is InChI=1S/C9H19NO2S/c1-9(2,3)13(11,12)7-8-5-4-6-10-8/h8,10H,4-7H2,1-3H3/t8-/m0/s1. The van der Waals surface area contributed by atoms with Crippen molar-refractivity contribution >= 4 is 9.84 Å². The largest absolute Gasteiger partial charge is 0.313 e. The maximum atomic E-state index is 11.8. The fourth-order valence-corrected chi connectivity index (χ4v) is 2.73. The fourth-order valence-electron chi connectivity index (χ4n) is 1.41. The molecule has 1 aliphatic heterocycles. The van der Waals surface area contributed by atoms with Gasteiger partial charge in [0, 0.05) is 6.04 Å². The molecule has 0 unspecified atom stereocenters. The highest BCUT2D eigenvalue weighted by molar-refractivity contribution is 7.92. The van der Waals surface area contributed by atoms with Crippen molar-refractivity contribution in [3.8, 4) is 0 Å². The van der Waals surface area contributed by atoms with Crippen molar-refractivity contribution in [3.63, 3.8) is 0 Å². The molecular formula is C9H19NO2S. The van der Waals surface area contributed by atoms with E-state index in [0.29, 0.717) is 0 Å². The van der Waals surface area contributed by atoms with Gasteiger partial charge in [-0.1, -0.05) is 0 Å². The van der Waals surface area contributed by atoms with Crippen LogP contribution in [0.3, 0.4) is 0 Å². The highest BCUT2D eigenvalue weighted by Crippen LogP contribution is 2.19. The molecule has 1 N–H and O–H groups in total. The Morgan fingerprint density at radius 1 is 1.38 bits per heavy atom. The van der Waals surface area contributed by atoms with Gasteiger partial charge in [0.15, 0.2) is 9.84 Å². The van der Waals surface area contributed by atoms with Crippen LogP contribution in [0, 0.1) is 0 Å². The summed E-state index contributed by atoms with van der Waals surface area (Å²) >= 11 is 0. The molecule has 0 spiro atoms. The lowest BCUT2D eigenvalue weighted by molar-refractivity contribution is 0.544. The number of nitrogens with one attached hydrogen (secondary N) is 1. The van der Waals surface area contributed by atoms with E-state index >= 15 is 0 Å². The third-order valence-corrected chi connectivity index (χ3v) is 5.22. The molecule has 0 aromatic carbocycles. The van der Waals surface area contributed by atoms with Gasteiger partial charge in [0.1, 0.15) is 0 Å². The Bertz CT molecular complexity index is 258. The summed E-state index contributed by atoms with van der Waals surface area (Å²) in [7, 11) is -2.94. The summed E-state index contributed by atoms with van der Waals surface area (Å²) in [5.41, 5.74) is 0. The van der Waals surface area contributed by atoms with E-state index in [1.807, 2.05) is 0 Å². The second kappa shape index (κ2) is 3.58. The number of rotatable bonds is 2. The van der Waals surface area contributed by atoms with Gasteiger partial charge < -0.3 is 5.32 Å². The van der Waals surface area contributed by atoms with E-state index in [1.165, 1.54) is 0 Å². The van der Waals surface area contributed by atoms with Crippen molar-refractivity contribution in [2.75, 3.05) is 12.3 Å². The minimum absolute atomic E-state index is 0.184. The molecule has 4 heteroatoms. The molecule has 1 rings (SSSR count). The molecule has 1 fully saturated rings. The van der Waals surface area contributed by atoms with Gasteiger partial charge in [-0.05, 0) is 40.2 Å². The first-order valence-electron chi connectivity index (χ1n) is 4.78. The van der Waals surface area contributed by atoms with Crippen LogP contribution in [0.1, 0.15) is 33.6 Å². The zero-order valence-electron chi connectivity index (χ0n) is 8.63. The molecule has 0 saturated carbocycles. The molecule has 1 saturated heterocycles. The molecule has 78 valence electrons. The Morgan fingerprint density at radius 3 is 2.38 bits per heavy atom. The molecule has 0 amide bonds. The van der Waals surface area contributed by atoms with Crippen molar-refractivity contribution in [2.45, 2.75) is 44.4 Å². The molecular weight excluding hydrogens is 186 g/mol. The third-order valence-electron chi connectivity index (χ3n) is 2.52. The molecule has 0 aromatic rings. The van der Waals surface area contributed by atoms with Crippen LogP contribution in [-0.4, -0.2) is 31.5 Å². The van der Waals surface area contributed by atoms with Gasteiger partial charge in [0.25, 0.3) is 0 Å². The summed E-state index contributed by atoms with van der Waals surface area (Å²) in [6.07, 6.45) is 2.10. The van der Waals surface area contributed by atoms with E-state index in [2.05, 4.69) is 5.32 Å². The zero-order valence-corrected chi connectivity index (χ0v) is 9.45. The first-order chi connectivity index (χ1) is 5.83. The number of hydrogen-bond acceptors (Lipinski definition) is 3. The minimum Gasteiger partial charge on any atom is -0.313 e. The van der Waals surface area contributed by atoms with Crippen LogP contribution >= 0.6 is 0 Å². The lowest BCUT2D eigenvalue weighted by Crippen LogP contribution is -2.38. The van der Waals surface area contributed by atoms with Crippen LogP contribution in [-0.2, 0) is 9.84 Å². The number of sulfone groups is 1. The molecule has 0 aliphatic carbocycles. The van der Waals surface area contributed by atoms with Gasteiger partial charge in [0.2, 0.25) is 0 Å². The van der Waals surface area contributed by atoms with Crippen molar-refractivity contribution in [1.82, 2.24) is 5.32 Å². The SMILES string of the molecule is CC(C)(C)S(=O)(=O)C[C@@H]1CCCN1. The Hall–Kier alpha value is -0.0900. The average molecular weight is 205 g/mol. The van der Waals surface area contributed by atoms with Gasteiger partial charge in [-0.2, -0.15) is 0 Å². The maximum absolute atomic E-state index is 11.8. The van der Waals surface area contributed by atoms with Crippen LogP contribution in [0.2, 0.25) is 0 Å². The van der Waals surface area contributed by atoms with Crippen molar-refractivity contribution in [2.24, 2.45) is 0 Å². The van der Waals surface area contributed by atoms with Crippen LogP contribution in [0.5, 0.6) is 0 Å². The van der Waals surface area contributed by atoms with E-state index in [9.17, 15) is 8.42 Å². The van der Waals surface area contributed by atoms with Crippen LogP contribution in [0.15, 0.2) is 0 Å². The fraction of sp³-hybridized carbons (Fsp3) is 1.00. The lowest BCUT2D eigenvalue weighted by Gasteiger charge is -2.21. The highest BCUT2D eigenvalue weighted by Gasteiger charge is 2.32. The Morgan fingerprint density at radius 2 is 2.00 bits per heavy atom. The Kier molecular flexibility index (Phi) is 3.02. The first kappa shape index (κ1) is 11.0. The molecule has 0 aromatic heterocycles. The second-order valence-electron chi connectivity index (χ2n) is 4.69. The predicted molar refractivity (Wildman–Crippen MR) is 54.6 cm³/mol. The van der Waals surface area contributed by atoms with Crippen LogP contribution in [0.25, 0.3) is 0 Å². The smallest absolute Gasteiger partial charge is 0.156 e. The van der Waals surface area contributed by atoms with E-state index in [0.717, 1.165) is 19.4 Å². The summed E-state index contributed by atoms with van der Waals surface area (Å²) in [4.78, 5) is 0. The predicted octanol–water partition coefficient (Wildman–Crippen LogP) is 0.952. The molecule has 3 nitrogen and oxygen atoms in total. The van der Waals surface area contributed by atoms with Gasteiger partial charge in [-0.3, -0.25) is 0 Å². The number of hydrogen-bond donors (Lipinski definition) is 1. The van der Waals surface area contributed by atoms with Gasteiger partial charge >= 0.3 is 0 Å². The van der Waals surface area contributed by atoms with Crippen LogP contribution in [0.4, 0.5) is 0 Å². The Balaban J connectivity index is 2.62. The van der Waals surface area contributed by atoms with E-state index in [1.54, 1.807) is 20.8 Å². The monoisotopic (exact) mass is 205 g/mol. The third kappa shape index (κ3) is 2.68. The summed E-state index contributed by atoms with van der Waals surface area (Å²) in [5, 5.41) is 3.21. The summed E-state index contributed by atoms with van der Waals surface area (Å²) in [6.45, 7) is 6.25. The normalized spacial score (nSPS) is 25.0. The average Bonchev–Trinajstić information content (AvgIpc) is 2.35. The van der Waals surface area contributed by atoms with Crippen molar-refractivity contribution in [3.05, 3.63) is 0 Å². The van der Waals surface area contributed by atoms with Gasteiger partial charge in [0.05, 0.1) is 10.5 Å².